The number of halogens is 1. The van der Waals surface area contributed by atoms with Crippen molar-refractivity contribution in [1.82, 2.24) is 10.6 Å². The Hall–Kier alpha value is -3.09. The lowest BCUT2D eigenvalue weighted by Crippen LogP contribution is -2.38. The molecule has 0 bridgehead atoms. The van der Waals surface area contributed by atoms with Gasteiger partial charge in [-0.05, 0) is 48.7 Å². The molecular weight excluding hydrogens is 323 g/mol. The maximum atomic E-state index is 12.8. The van der Waals surface area contributed by atoms with Crippen molar-refractivity contribution < 1.29 is 14.0 Å². The van der Waals surface area contributed by atoms with Gasteiger partial charge in [0.05, 0.1) is 6.04 Å². The Labute approximate surface area is 145 Å². The summed E-state index contributed by atoms with van der Waals surface area (Å²) in [4.78, 5) is 22.7. The first kappa shape index (κ1) is 18.3. The standard InChI is InChI=1S/C18H21FN4O2/c1-12(14-4-8-16(9-5-14)23-17(20)24)22-18(25)21-11-10-13-2-6-15(19)7-3-13/h2-9,12H,10-11H2,1H3,(H3,20,23,24)(H2,21,22,25)/t12-/m1/s1. The molecule has 0 unspecified atom stereocenters. The number of nitrogens with one attached hydrogen (secondary N) is 3. The molecule has 5 N–H and O–H groups in total. The Morgan fingerprint density at radius 3 is 2.32 bits per heavy atom. The molecule has 0 saturated carbocycles. The minimum Gasteiger partial charge on any atom is -0.351 e. The third kappa shape index (κ3) is 6.14. The third-order valence-electron chi connectivity index (χ3n) is 3.64. The lowest BCUT2D eigenvalue weighted by atomic mass is 10.1. The molecule has 0 saturated heterocycles. The Balaban J connectivity index is 1.77. The fourth-order valence-corrected chi connectivity index (χ4v) is 2.30. The van der Waals surface area contributed by atoms with E-state index in [0.717, 1.165) is 11.1 Å². The Bertz CT molecular complexity index is 717. The number of amides is 4. The fourth-order valence-electron chi connectivity index (χ4n) is 2.30. The average Bonchev–Trinajstić information content (AvgIpc) is 2.56. The molecule has 0 spiro atoms. The molecule has 132 valence electrons. The summed E-state index contributed by atoms with van der Waals surface area (Å²) in [5.41, 5.74) is 7.48. The van der Waals surface area contributed by atoms with Gasteiger partial charge in [0.2, 0.25) is 0 Å². The Morgan fingerprint density at radius 1 is 1.08 bits per heavy atom. The van der Waals surface area contributed by atoms with Gasteiger partial charge in [-0.15, -0.1) is 0 Å². The van der Waals surface area contributed by atoms with E-state index in [1.807, 2.05) is 6.92 Å². The first-order chi connectivity index (χ1) is 11.9. The molecule has 6 nitrogen and oxygen atoms in total. The topological polar surface area (TPSA) is 96.2 Å². The van der Waals surface area contributed by atoms with Crippen LogP contribution in [0.5, 0.6) is 0 Å². The van der Waals surface area contributed by atoms with E-state index in [0.29, 0.717) is 18.7 Å². The fraction of sp³-hybridized carbons (Fsp3) is 0.222. The zero-order valence-corrected chi connectivity index (χ0v) is 13.9. The van der Waals surface area contributed by atoms with E-state index in [-0.39, 0.29) is 17.9 Å². The molecule has 0 heterocycles. The zero-order valence-electron chi connectivity index (χ0n) is 13.9. The van der Waals surface area contributed by atoms with Gasteiger partial charge in [0.15, 0.2) is 0 Å². The van der Waals surface area contributed by atoms with Crippen LogP contribution < -0.4 is 21.7 Å². The van der Waals surface area contributed by atoms with Crippen LogP contribution in [0.4, 0.5) is 19.7 Å². The van der Waals surface area contributed by atoms with Crippen molar-refractivity contribution in [3.63, 3.8) is 0 Å². The highest BCUT2D eigenvalue weighted by Gasteiger charge is 2.09. The number of rotatable bonds is 6. The zero-order chi connectivity index (χ0) is 18.2. The lowest BCUT2D eigenvalue weighted by molar-refractivity contribution is 0.238. The molecule has 2 aromatic rings. The highest BCUT2D eigenvalue weighted by molar-refractivity contribution is 5.87. The molecule has 2 aromatic carbocycles. The van der Waals surface area contributed by atoms with Crippen LogP contribution in [0, 0.1) is 5.82 Å². The second kappa shape index (κ2) is 8.68. The van der Waals surface area contributed by atoms with Gasteiger partial charge in [-0.1, -0.05) is 24.3 Å². The number of nitrogens with two attached hydrogens (primary N) is 1. The minimum atomic E-state index is -0.626. The first-order valence-electron chi connectivity index (χ1n) is 7.89. The van der Waals surface area contributed by atoms with Crippen LogP contribution in [-0.2, 0) is 6.42 Å². The third-order valence-corrected chi connectivity index (χ3v) is 3.64. The predicted molar refractivity (Wildman–Crippen MR) is 94.7 cm³/mol. The molecular formula is C18H21FN4O2. The van der Waals surface area contributed by atoms with Gasteiger partial charge >= 0.3 is 12.1 Å². The van der Waals surface area contributed by atoms with Crippen LogP contribution in [0.2, 0.25) is 0 Å². The van der Waals surface area contributed by atoms with Crippen LogP contribution in [0.1, 0.15) is 24.1 Å². The number of carbonyl (C=O) groups excluding carboxylic acids is 2. The van der Waals surface area contributed by atoms with Crippen molar-refractivity contribution >= 4 is 17.7 Å². The number of anilines is 1. The molecule has 0 fully saturated rings. The van der Waals surface area contributed by atoms with E-state index in [9.17, 15) is 14.0 Å². The number of hydrogen-bond acceptors (Lipinski definition) is 2. The lowest BCUT2D eigenvalue weighted by Gasteiger charge is -2.15. The second-order valence-corrected chi connectivity index (χ2v) is 5.61. The summed E-state index contributed by atoms with van der Waals surface area (Å²) >= 11 is 0. The van der Waals surface area contributed by atoms with Crippen LogP contribution in [0.25, 0.3) is 0 Å². The molecule has 0 aromatic heterocycles. The number of carbonyl (C=O) groups is 2. The van der Waals surface area contributed by atoms with E-state index in [1.54, 1.807) is 36.4 Å². The summed E-state index contributed by atoms with van der Waals surface area (Å²) in [7, 11) is 0. The van der Waals surface area contributed by atoms with E-state index in [2.05, 4.69) is 16.0 Å². The van der Waals surface area contributed by atoms with Crippen LogP contribution in [-0.4, -0.2) is 18.6 Å². The molecule has 1 atom stereocenters. The van der Waals surface area contributed by atoms with Crippen molar-refractivity contribution in [2.24, 2.45) is 5.73 Å². The largest absolute Gasteiger partial charge is 0.351 e. The number of hydrogen-bond donors (Lipinski definition) is 4. The quantitative estimate of drug-likeness (QED) is 0.648. The Kier molecular flexibility index (Phi) is 6.33. The smallest absolute Gasteiger partial charge is 0.316 e. The van der Waals surface area contributed by atoms with Gasteiger partial charge in [-0.3, -0.25) is 0 Å². The van der Waals surface area contributed by atoms with Crippen molar-refractivity contribution in [3.8, 4) is 0 Å². The first-order valence-corrected chi connectivity index (χ1v) is 7.89. The van der Waals surface area contributed by atoms with Gasteiger partial charge in [0.1, 0.15) is 5.82 Å². The number of benzene rings is 2. The number of urea groups is 2. The highest BCUT2D eigenvalue weighted by atomic mass is 19.1. The van der Waals surface area contributed by atoms with E-state index in [1.165, 1.54) is 12.1 Å². The Morgan fingerprint density at radius 2 is 1.72 bits per heavy atom. The summed E-state index contributed by atoms with van der Waals surface area (Å²) < 4.78 is 12.8. The van der Waals surface area contributed by atoms with Gasteiger partial charge in [-0.25, -0.2) is 14.0 Å². The van der Waals surface area contributed by atoms with Gasteiger partial charge in [-0.2, -0.15) is 0 Å². The molecule has 0 aliphatic carbocycles. The molecule has 7 heteroatoms. The van der Waals surface area contributed by atoms with Crippen molar-refractivity contribution in [3.05, 3.63) is 65.5 Å². The molecule has 4 amide bonds. The summed E-state index contributed by atoms with van der Waals surface area (Å²) in [6.07, 6.45) is 0.621. The van der Waals surface area contributed by atoms with Crippen LogP contribution in [0.3, 0.4) is 0 Å². The maximum absolute atomic E-state index is 12.8. The second-order valence-electron chi connectivity index (χ2n) is 5.61. The van der Waals surface area contributed by atoms with Crippen LogP contribution >= 0.6 is 0 Å². The monoisotopic (exact) mass is 344 g/mol. The maximum Gasteiger partial charge on any atom is 0.316 e. The SMILES string of the molecule is C[C@@H](NC(=O)NCCc1ccc(F)cc1)c1ccc(NC(N)=O)cc1. The van der Waals surface area contributed by atoms with Crippen molar-refractivity contribution in [1.29, 1.82) is 0 Å². The van der Waals surface area contributed by atoms with Gasteiger partial charge < -0.3 is 21.7 Å². The van der Waals surface area contributed by atoms with E-state index >= 15 is 0 Å². The summed E-state index contributed by atoms with van der Waals surface area (Å²) in [5, 5.41) is 8.07. The predicted octanol–water partition coefficient (Wildman–Crippen LogP) is 2.92. The molecule has 25 heavy (non-hydrogen) atoms. The summed E-state index contributed by atoms with van der Waals surface area (Å²) in [5.74, 6) is -0.277. The van der Waals surface area contributed by atoms with E-state index in [4.69, 9.17) is 5.73 Å². The number of primary amides is 1. The van der Waals surface area contributed by atoms with Crippen LogP contribution in [0.15, 0.2) is 48.5 Å². The normalized spacial score (nSPS) is 11.4. The van der Waals surface area contributed by atoms with Crippen molar-refractivity contribution in [2.45, 2.75) is 19.4 Å². The molecule has 0 radical (unpaired) electrons. The minimum absolute atomic E-state index is 0.201. The average molecular weight is 344 g/mol. The van der Waals surface area contributed by atoms with Crippen molar-refractivity contribution in [2.75, 3.05) is 11.9 Å². The van der Waals surface area contributed by atoms with Gasteiger partial charge in [0, 0.05) is 12.2 Å². The summed E-state index contributed by atoms with van der Waals surface area (Å²) in [6.45, 7) is 2.31. The highest BCUT2D eigenvalue weighted by Crippen LogP contribution is 2.15. The summed E-state index contributed by atoms with van der Waals surface area (Å²) in [6, 6.07) is 12.1. The molecule has 0 aliphatic heterocycles. The van der Waals surface area contributed by atoms with Gasteiger partial charge in [0.25, 0.3) is 0 Å². The molecule has 0 aliphatic rings. The molecule has 2 rings (SSSR count). The van der Waals surface area contributed by atoms with E-state index < -0.39 is 6.03 Å².